The highest BCUT2D eigenvalue weighted by molar-refractivity contribution is 6.46. The number of Topliss-reactive ketones (excluding diaryl/α,β-unsaturated/α-hetero) is 1. The van der Waals surface area contributed by atoms with Crippen LogP contribution in [0.25, 0.3) is 5.76 Å². The molecule has 40 heavy (non-hydrogen) atoms. The van der Waals surface area contributed by atoms with E-state index in [-0.39, 0.29) is 17.9 Å². The van der Waals surface area contributed by atoms with E-state index in [1.807, 2.05) is 44.2 Å². The van der Waals surface area contributed by atoms with Gasteiger partial charge in [-0.05, 0) is 79.1 Å². The Morgan fingerprint density at radius 1 is 0.875 bits per heavy atom. The van der Waals surface area contributed by atoms with Crippen molar-refractivity contribution in [3.8, 4) is 11.5 Å². The Hall–Kier alpha value is -4.91. The minimum Gasteiger partial charge on any atom is -0.507 e. The number of pyridine rings is 1. The smallest absolute Gasteiger partial charge is 0.295 e. The van der Waals surface area contributed by atoms with Crippen molar-refractivity contribution in [1.82, 2.24) is 9.88 Å². The Morgan fingerprint density at radius 2 is 1.55 bits per heavy atom. The number of hydrogen-bond donors (Lipinski definition) is 1. The van der Waals surface area contributed by atoms with Gasteiger partial charge in [-0.25, -0.2) is 0 Å². The van der Waals surface area contributed by atoms with E-state index in [1.54, 1.807) is 60.9 Å². The molecule has 5 rings (SSSR count). The number of nitrogens with zero attached hydrogens (tertiary/aromatic N) is 2. The van der Waals surface area contributed by atoms with Gasteiger partial charge in [-0.1, -0.05) is 42.0 Å². The maximum atomic E-state index is 13.4. The second kappa shape index (κ2) is 11.9. The fourth-order valence-corrected chi connectivity index (χ4v) is 4.82. The molecule has 1 fully saturated rings. The van der Waals surface area contributed by atoms with Gasteiger partial charge in [0.2, 0.25) is 0 Å². The normalized spacial score (nSPS) is 16.2. The molecule has 0 radical (unpaired) electrons. The van der Waals surface area contributed by atoms with Crippen LogP contribution in [-0.2, 0) is 22.7 Å². The predicted octanol–water partition coefficient (Wildman–Crippen LogP) is 5.99. The lowest BCUT2D eigenvalue weighted by Crippen LogP contribution is -2.29. The quantitative estimate of drug-likeness (QED) is 0.161. The van der Waals surface area contributed by atoms with E-state index in [0.29, 0.717) is 35.8 Å². The number of aryl methyl sites for hydroxylation is 1. The number of ketones is 1. The lowest BCUT2D eigenvalue weighted by molar-refractivity contribution is -0.140. The molecule has 7 heteroatoms. The molecule has 1 N–H and O–H groups in total. The van der Waals surface area contributed by atoms with Crippen molar-refractivity contribution in [1.29, 1.82) is 0 Å². The van der Waals surface area contributed by atoms with Crippen molar-refractivity contribution in [2.24, 2.45) is 0 Å². The molecule has 1 aliphatic rings. The molecular weight excluding hydrogens is 504 g/mol. The van der Waals surface area contributed by atoms with E-state index in [4.69, 9.17) is 9.47 Å². The molecule has 1 aliphatic heterocycles. The van der Waals surface area contributed by atoms with Gasteiger partial charge in [0, 0.05) is 24.5 Å². The average molecular weight is 535 g/mol. The van der Waals surface area contributed by atoms with E-state index < -0.39 is 17.7 Å². The number of aromatic nitrogens is 1. The third kappa shape index (κ3) is 5.73. The summed E-state index contributed by atoms with van der Waals surface area (Å²) >= 11 is 0. The molecule has 2 heterocycles. The number of carbonyl (C=O) groups is 2. The zero-order valence-electron chi connectivity index (χ0n) is 22.4. The van der Waals surface area contributed by atoms with Gasteiger partial charge in [-0.3, -0.25) is 14.6 Å². The first kappa shape index (κ1) is 26.7. The van der Waals surface area contributed by atoms with Crippen LogP contribution in [0.4, 0.5) is 0 Å². The van der Waals surface area contributed by atoms with Crippen LogP contribution in [-0.4, -0.2) is 33.3 Å². The molecule has 7 nitrogen and oxygen atoms in total. The van der Waals surface area contributed by atoms with Crippen molar-refractivity contribution in [3.63, 3.8) is 0 Å². The average Bonchev–Trinajstić information content (AvgIpc) is 3.22. The first-order valence-electron chi connectivity index (χ1n) is 13.1. The first-order chi connectivity index (χ1) is 19.4. The summed E-state index contributed by atoms with van der Waals surface area (Å²) in [6, 6.07) is 25.0. The summed E-state index contributed by atoms with van der Waals surface area (Å²) < 4.78 is 11.5. The van der Waals surface area contributed by atoms with Gasteiger partial charge in [-0.15, -0.1) is 0 Å². The van der Waals surface area contributed by atoms with Gasteiger partial charge in [0.05, 0.1) is 18.2 Å². The third-order valence-corrected chi connectivity index (χ3v) is 6.76. The van der Waals surface area contributed by atoms with E-state index >= 15 is 0 Å². The minimum atomic E-state index is -0.777. The standard InChI is InChI=1S/C33H30N2O5/c1-3-39-27-11-7-25(8-12-27)30-29(32(37)33(38)35(30)20-23-15-17-34-18-16-23)31(36)26-9-13-28(14-10-26)40-21-24-6-4-5-22(2)19-24/h4-19,30,36H,3,20-21H2,1-2H3/t30-/m0/s1. The Balaban J connectivity index is 1.47. The summed E-state index contributed by atoms with van der Waals surface area (Å²) in [7, 11) is 0. The number of rotatable bonds is 9. The minimum absolute atomic E-state index is 0.0386. The van der Waals surface area contributed by atoms with Crippen LogP contribution < -0.4 is 9.47 Å². The molecule has 0 unspecified atom stereocenters. The summed E-state index contributed by atoms with van der Waals surface area (Å²) in [5.41, 5.74) is 4.18. The monoisotopic (exact) mass is 534 g/mol. The van der Waals surface area contributed by atoms with E-state index in [9.17, 15) is 14.7 Å². The molecule has 1 amide bonds. The van der Waals surface area contributed by atoms with E-state index in [0.717, 1.165) is 16.7 Å². The summed E-state index contributed by atoms with van der Waals surface area (Å²) in [4.78, 5) is 32.2. The number of hydrogen-bond acceptors (Lipinski definition) is 6. The lowest BCUT2D eigenvalue weighted by Gasteiger charge is -2.25. The molecule has 1 atom stereocenters. The first-order valence-corrected chi connectivity index (χ1v) is 13.1. The zero-order valence-corrected chi connectivity index (χ0v) is 22.4. The molecule has 3 aromatic carbocycles. The van der Waals surface area contributed by atoms with Gasteiger partial charge in [0.25, 0.3) is 11.7 Å². The Morgan fingerprint density at radius 3 is 2.23 bits per heavy atom. The number of benzene rings is 3. The van der Waals surface area contributed by atoms with Crippen molar-refractivity contribution in [3.05, 3.63) is 131 Å². The van der Waals surface area contributed by atoms with Gasteiger partial charge >= 0.3 is 0 Å². The second-order valence-electron chi connectivity index (χ2n) is 9.59. The SMILES string of the molecule is CCOc1ccc([C@H]2C(=C(O)c3ccc(OCc4cccc(C)c4)cc3)C(=O)C(=O)N2Cc2ccncc2)cc1. The number of amides is 1. The van der Waals surface area contributed by atoms with Crippen molar-refractivity contribution < 1.29 is 24.2 Å². The van der Waals surface area contributed by atoms with Crippen LogP contribution in [0.3, 0.4) is 0 Å². The lowest BCUT2D eigenvalue weighted by atomic mass is 9.95. The van der Waals surface area contributed by atoms with Crippen LogP contribution in [0, 0.1) is 6.92 Å². The number of aliphatic hydroxyl groups is 1. The predicted molar refractivity (Wildman–Crippen MR) is 152 cm³/mol. The van der Waals surface area contributed by atoms with Crippen LogP contribution in [0.5, 0.6) is 11.5 Å². The highest BCUT2D eigenvalue weighted by Crippen LogP contribution is 2.40. The highest BCUT2D eigenvalue weighted by Gasteiger charge is 2.46. The van der Waals surface area contributed by atoms with Gasteiger partial charge in [0.1, 0.15) is 23.9 Å². The van der Waals surface area contributed by atoms with Crippen LogP contribution in [0.15, 0.2) is 103 Å². The number of carbonyl (C=O) groups excluding carboxylic acids is 2. The Bertz CT molecular complexity index is 1530. The van der Waals surface area contributed by atoms with Crippen LogP contribution >= 0.6 is 0 Å². The van der Waals surface area contributed by atoms with Crippen molar-refractivity contribution >= 4 is 17.4 Å². The number of aliphatic hydroxyl groups excluding tert-OH is 1. The fourth-order valence-electron chi connectivity index (χ4n) is 4.82. The van der Waals surface area contributed by atoms with Crippen molar-refractivity contribution in [2.45, 2.75) is 33.0 Å². The molecular formula is C33H30N2O5. The highest BCUT2D eigenvalue weighted by atomic mass is 16.5. The molecule has 4 aromatic rings. The zero-order chi connectivity index (χ0) is 28.1. The van der Waals surface area contributed by atoms with Crippen molar-refractivity contribution in [2.75, 3.05) is 6.61 Å². The molecule has 0 saturated carbocycles. The largest absolute Gasteiger partial charge is 0.507 e. The third-order valence-electron chi connectivity index (χ3n) is 6.76. The second-order valence-corrected chi connectivity index (χ2v) is 9.59. The molecule has 1 saturated heterocycles. The van der Waals surface area contributed by atoms with Gasteiger partial charge in [-0.2, -0.15) is 0 Å². The van der Waals surface area contributed by atoms with Crippen LogP contribution in [0.1, 0.15) is 40.8 Å². The molecule has 0 aliphatic carbocycles. The molecule has 1 aromatic heterocycles. The molecule has 202 valence electrons. The molecule has 0 spiro atoms. The molecule has 0 bridgehead atoms. The van der Waals surface area contributed by atoms with Gasteiger partial charge < -0.3 is 19.5 Å². The maximum Gasteiger partial charge on any atom is 0.295 e. The fraction of sp³-hybridized carbons (Fsp3) is 0.182. The maximum absolute atomic E-state index is 13.4. The number of likely N-dealkylation sites (tertiary alicyclic amines) is 1. The Labute approximate surface area is 233 Å². The van der Waals surface area contributed by atoms with Crippen LogP contribution in [0.2, 0.25) is 0 Å². The summed E-state index contributed by atoms with van der Waals surface area (Å²) in [6.07, 6.45) is 3.28. The summed E-state index contributed by atoms with van der Waals surface area (Å²) in [5.74, 6) is -0.335. The number of ether oxygens (including phenoxy) is 2. The summed E-state index contributed by atoms with van der Waals surface area (Å²) in [6.45, 7) is 5.04. The van der Waals surface area contributed by atoms with Gasteiger partial charge in [0.15, 0.2) is 0 Å². The summed E-state index contributed by atoms with van der Waals surface area (Å²) in [5, 5.41) is 11.4. The Kier molecular flexibility index (Phi) is 7.92. The topological polar surface area (TPSA) is 89.0 Å². The van der Waals surface area contributed by atoms with E-state index in [1.165, 1.54) is 4.90 Å². The van der Waals surface area contributed by atoms with E-state index in [2.05, 4.69) is 11.1 Å².